The Morgan fingerprint density at radius 1 is 1.04 bits per heavy atom. The molecule has 0 atom stereocenters. The first-order valence-electron chi connectivity index (χ1n) is 8.93. The van der Waals surface area contributed by atoms with Crippen molar-refractivity contribution in [1.29, 1.82) is 0 Å². The summed E-state index contributed by atoms with van der Waals surface area (Å²) in [5.41, 5.74) is 2.94. The lowest BCUT2D eigenvalue weighted by molar-refractivity contribution is 0.0761. The molecular formula is C20H22N4OS. The highest BCUT2D eigenvalue weighted by Crippen LogP contribution is 2.14. The Balaban J connectivity index is 1.36. The van der Waals surface area contributed by atoms with Crippen molar-refractivity contribution in [1.82, 2.24) is 19.6 Å². The molecule has 0 aliphatic carbocycles. The van der Waals surface area contributed by atoms with E-state index < -0.39 is 0 Å². The molecule has 1 fully saturated rings. The van der Waals surface area contributed by atoms with Crippen LogP contribution in [-0.2, 0) is 6.54 Å². The lowest BCUT2D eigenvalue weighted by Gasteiger charge is -2.21. The highest BCUT2D eigenvalue weighted by atomic mass is 32.1. The van der Waals surface area contributed by atoms with Gasteiger partial charge in [0.1, 0.15) is 0 Å². The van der Waals surface area contributed by atoms with Gasteiger partial charge in [0.2, 0.25) is 0 Å². The van der Waals surface area contributed by atoms with Crippen LogP contribution < -0.4 is 0 Å². The molecule has 3 aromatic rings. The summed E-state index contributed by atoms with van der Waals surface area (Å²) in [6.07, 6.45) is 3.00. The highest BCUT2D eigenvalue weighted by Gasteiger charge is 2.21. The molecule has 1 aromatic carbocycles. The fraction of sp³-hybridized carbons (Fsp3) is 0.300. The van der Waals surface area contributed by atoms with Crippen LogP contribution >= 0.6 is 11.3 Å². The Hall–Kier alpha value is -2.44. The number of hydrogen-bond acceptors (Lipinski definition) is 4. The molecule has 1 amide bonds. The molecule has 1 aliphatic rings. The molecule has 0 N–H and O–H groups in total. The van der Waals surface area contributed by atoms with Crippen LogP contribution in [0.1, 0.15) is 22.5 Å². The molecule has 4 rings (SSSR count). The van der Waals surface area contributed by atoms with E-state index in [2.05, 4.69) is 23.1 Å². The topological polar surface area (TPSA) is 41.4 Å². The fourth-order valence-electron chi connectivity index (χ4n) is 3.30. The smallest absolute Gasteiger partial charge is 0.254 e. The first-order chi connectivity index (χ1) is 12.8. The van der Waals surface area contributed by atoms with Gasteiger partial charge in [0.25, 0.3) is 5.91 Å². The lowest BCUT2D eigenvalue weighted by Crippen LogP contribution is -2.34. The predicted molar refractivity (Wildman–Crippen MR) is 104 cm³/mol. The van der Waals surface area contributed by atoms with Crippen molar-refractivity contribution in [3.8, 4) is 5.69 Å². The third-order valence-electron chi connectivity index (χ3n) is 4.69. The van der Waals surface area contributed by atoms with Crippen LogP contribution in [0.2, 0.25) is 0 Å². The zero-order valence-electron chi connectivity index (χ0n) is 14.6. The van der Waals surface area contributed by atoms with Gasteiger partial charge in [-0.3, -0.25) is 9.69 Å². The summed E-state index contributed by atoms with van der Waals surface area (Å²) in [5, 5.41) is 8.59. The van der Waals surface area contributed by atoms with E-state index in [1.807, 2.05) is 50.8 Å². The number of rotatable bonds is 4. The van der Waals surface area contributed by atoms with Gasteiger partial charge in [0.05, 0.1) is 16.9 Å². The third kappa shape index (κ3) is 3.86. The van der Waals surface area contributed by atoms with Gasteiger partial charge in [-0.05, 0) is 36.1 Å². The van der Waals surface area contributed by atoms with Crippen molar-refractivity contribution in [3.63, 3.8) is 0 Å². The molecule has 1 aliphatic heterocycles. The molecule has 3 heterocycles. The summed E-state index contributed by atoms with van der Waals surface area (Å²) in [6.45, 7) is 4.29. The van der Waals surface area contributed by atoms with E-state index in [9.17, 15) is 4.79 Å². The Bertz CT molecular complexity index is 844. The van der Waals surface area contributed by atoms with Crippen LogP contribution in [-0.4, -0.2) is 51.7 Å². The van der Waals surface area contributed by atoms with E-state index in [-0.39, 0.29) is 5.91 Å². The van der Waals surface area contributed by atoms with Crippen molar-refractivity contribution >= 4 is 17.2 Å². The molecule has 0 unspecified atom stereocenters. The molecule has 2 aromatic heterocycles. The molecule has 0 radical (unpaired) electrons. The quantitative estimate of drug-likeness (QED) is 0.712. The third-order valence-corrected chi connectivity index (χ3v) is 5.38. The second-order valence-electron chi connectivity index (χ2n) is 6.52. The standard InChI is InChI=1S/C20H22N4OS/c25-20(17-8-14-26-16-17)23-10-4-9-22(12-13-23)15-18-7-11-24(21-18)19-5-2-1-3-6-19/h1-3,5-8,11,14,16H,4,9-10,12-13,15H2. The average Bonchev–Trinajstić information content (AvgIpc) is 3.31. The van der Waals surface area contributed by atoms with E-state index in [1.54, 1.807) is 11.3 Å². The minimum atomic E-state index is 0.154. The number of aromatic nitrogens is 2. The van der Waals surface area contributed by atoms with Crippen LogP contribution in [0.25, 0.3) is 5.69 Å². The summed E-state index contributed by atoms with van der Waals surface area (Å²) < 4.78 is 1.92. The Morgan fingerprint density at radius 3 is 2.73 bits per heavy atom. The minimum Gasteiger partial charge on any atom is -0.337 e. The van der Waals surface area contributed by atoms with E-state index >= 15 is 0 Å². The van der Waals surface area contributed by atoms with Crippen LogP contribution in [0.5, 0.6) is 0 Å². The molecule has 5 nitrogen and oxygen atoms in total. The molecule has 134 valence electrons. The summed E-state index contributed by atoms with van der Waals surface area (Å²) in [6, 6.07) is 14.1. The minimum absolute atomic E-state index is 0.154. The van der Waals surface area contributed by atoms with Crippen LogP contribution in [0, 0.1) is 0 Å². The van der Waals surface area contributed by atoms with Gasteiger partial charge in [0, 0.05) is 44.3 Å². The van der Waals surface area contributed by atoms with Gasteiger partial charge in [-0.15, -0.1) is 0 Å². The van der Waals surface area contributed by atoms with Crippen molar-refractivity contribution in [2.24, 2.45) is 0 Å². The summed E-state index contributed by atoms with van der Waals surface area (Å²) in [5.74, 6) is 0.154. The first kappa shape index (κ1) is 17.0. The Labute approximate surface area is 157 Å². The largest absolute Gasteiger partial charge is 0.337 e. The van der Waals surface area contributed by atoms with E-state index in [0.29, 0.717) is 0 Å². The SMILES string of the molecule is O=C(c1ccsc1)N1CCCN(Cc2ccn(-c3ccccc3)n2)CC1. The Kier molecular flexibility index (Phi) is 5.13. The van der Waals surface area contributed by atoms with Crippen LogP contribution in [0.3, 0.4) is 0 Å². The molecule has 26 heavy (non-hydrogen) atoms. The van der Waals surface area contributed by atoms with Gasteiger partial charge in [-0.25, -0.2) is 4.68 Å². The maximum atomic E-state index is 12.5. The molecule has 0 bridgehead atoms. The number of para-hydroxylation sites is 1. The number of carbonyl (C=O) groups is 1. The van der Waals surface area contributed by atoms with Gasteiger partial charge in [-0.2, -0.15) is 16.4 Å². The van der Waals surface area contributed by atoms with Crippen molar-refractivity contribution in [2.45, 2.75) is 13.0 Å². The molecule has 0 spiro atoms. The highest BCUT2D eigenvalue weighted by molar-refractivity contribution is 7.08. The number of benzene rings is 1. The lowest BCUT2D eigenvalue weighted by atomic mass is 10.3. The first-order valence-corrected chi connectivity index (χ1v) is 9.88. The Morgan fingerprint density at radius 2 is 1.92 bits per heavy atom. The second-order valence-corrected chi connectivity index (χ2v) is 7.30. The molecule has 1 saturated heterocycles. The van der Waals surface area contributed by atoms with Gasteiger partial charge in [-0.1, -0.05) is 18.2 Å². The average molecular weight is 366 g/mol. The number of carbonyl (C=O) groups excluding carboxylic acids is 1. The van der Waals surface area contributed by atoms with E-state index in [0.717, 1.165) is 56.1 Å². The molecular weight excluding hydrogens is 344 g/mol. The number of amides is 1. The predicted octanol–water partition coefficient (Wildman–Crippen LogP) is 3.28. The molecule has 0 saturated carbocycles. The zero-order valence-corrected chi connectivity index (χ0v) is 15.4. The van der Waals surface area contributed by atoms with Crippen molar-refractivity contribution < 1.29 is 4.79 Å². The molecule has 6 heteroatoms. The summed E-state index contributed by atoms with van der Waals surface area (Å²) >= 11 is 1.57. The summed E-state index contributed by atoms with van der Waals surface area (Å²) in [4.78, 5) is 16.9. The monoisotopic (exact) mass is 366 g/mol. The number of hydrogen-bond donors (Lipinski definition) is 0. The van der Waals surface area contributed by atoms with Gasteiger partial charge in [0.15, 0.2) is 0 Å². The van der Waals surface area contributed by atoms with E-state index in [1.165, 1.54) is 0 Å². The zero-order chi connectivity index (χ0) is 17.8. The van der Waals surface area contributed by atoms with Crippen LogP contribution in [0.15, 0.2) is 59.4 Å². The maximum Gasteiger partial charge on any atom is 0.254 e. The van der Waals surface area contributed by atoms with Gasteiger partial charge >= 0.3 is 0 Å². The van der Waals surface area contributed by atoms with Gasteiger partial charge < -0.3 is 4.90 Å². The number of nitrogens with zero attached hydrogens (tertiary/aromatic N) is 4. The van der Waals surface area contributed by atoms with Crippen molar-refractivity contribution in [3.05, 3.63) is 70.7 Å². The normalized spacial score (nSPS) is 15.8. The van der Waals surface area contributed by atoms with E-state index in [4.69, 9.17) is 5.10 Å². The number of thiophene rings is 1. The fourth-order valence-corrected chi connectivity index (χ4v) is 3.93. The maximum absolute atomic E-state index is 12.5. The summed E-state index contributed by atoms with van der Waals surface area (Å²) in [7, 11) is 0. The van der Waals surface area contributed by atoms with Crippen LogP contribution in [0.4, 0.5) is 0 Å². The second kappa shape index (κ2) is 7.85. The van der Waals surface area contributed by atoms with Crippen molar-refractivity contribution in [2.75, 3.05) is 26.2 Å².